The second-order valence-electron chi connectivity index (χ2n) is 4.91. The minimum atomic E-state index is -0.460. The average molecular weight is 347 g/mol. The Morgan fingerprint density at radius 1 is 1.29 bits per heavy atom. The van der Waals surface area contributed by atoms with Gasteiger partial charge in [-0.05, 0) is 43.2 Å². The number of amides is 1. The summed E-state index contributed by atoms with van der Waals surface area (Å²) in [5.74, 6) is -1.22. The molecule has 2 aromatic rings. The maximum absolute atomic E-state index is 13.1. The van der Waals surface area contributed by atoms with E-state index in [9.17, 15) is 14.0 Å². The summed E-state index contributed by atoms with van der Waals surface area (Å²) < 4.78 is 18.1. The molecule has 0 aliphatic heterocycles. The number of aryl methyl sites for hydroxylation is 1. The molecular formula is C18H18FNO3S. The zero-order valence-corrected chi connectivity index (χ0v) is 14.3. The van der Waals surface area contributed by atoms with E-state index in [0.717, 1.165) is 11.3 Å². The van der Waals surface area contributed by atoms with Gasteiger partial charge in [-0.1, -0.05) is 19.1 Å². The molecule has 1 N–H and O–H groups in total. The number of halogens is 1. The second kappa shape index (κ2) is 8.40. The number of hydrogen-bond acceptors (Lipinski definition) is 4. The van der Waals surface area contributed by atoms with Crippen molar-refractivity contribution in [2.45, 2.75) is 20.3 Å². The molecule has 0 spiro atoms. The zero-order valence-electron chi connectivity index (χ0n) is 13.5. The van der Waals surface area contributed by atoms with E-state index >= 15 is 0 Å². The predicted octanol–water partition coefficient (Wildman–Crippen LogP) is 4.28. The number of thiophene rings is 1. The van der Waals surface area contributed by atoms with Crippen molar-refractivity contribution in [1.82, 2.24) is 0 Å². The molecule has 6 heteroatoms. The first kappa shape index (κ1) is 17.9. The quantitative estimate of drug-likeness (QED) is 0.627. The first-order valence-corrected chi connectivity index (χ1v) is 8.39. The summed E-state index contributed by atoms with van der Waals surface area (Å²) in [5.41, 5.74) is 0.933. The molecule has 1 aromatic heterocycles. The highest BCUT2D eigenvalue weighted by molar-refractivity contribution is 7.16. The molecule has 0 atom stereocenters. The summed E-state index contributed by atoms with van der Waals surface area (Å²) >= 11 is 1.34. The van der Waals surface area contributed by atoms with Crippen LogP contribution >= 0.6 is 11.3 Å². The topological polar surface area (TPSA) is 55.4 Å². The van der Waals surface area contributed by atoms with Crippen LogP contribution in [0.2, 0.25) is 0 Å². The smallest absolute Gasteiger partial charge is 0.341 e. The van der Waals surface area contributed by atoms with Crippen molar-refractivity contribution >= 4 is 34.3 Å². The molecule has 0 bridgehead atoms. The molecule has 0 aliphatic rings. The lowest BCUT2D eigenvalue weighted by molar-refractivity contribution is -0.111. The summed E-state index contributed by atoms with van der Waals surface area (Å²) in [6.45, 7) is 3.96. The second-order valence-corrected chi connectivity index (χ2v) is 6.04. The standard InChI is InChI=1S/C18H18FNO3S/c1-3-14-11-15(18(22)23-4-2)17(24-14)20-16(21)9-8-12-6-5-7-13(19)10-12/h5-11H,3-4H2,1-2H3,(H,20,21)/b9-8+. The Balaban J connectivity index is 2.13. The van der Waals surface area contributed by atoms with Crippen molar-refractivity contribution < 1.29 is 18.7 Å². The van der Waals surface area contributed by atoms with E-state index < -0.39 is 11.9 Å². The van der Waals surface area contributed by atoms with E-state index in [1.54, 1.807) is 25.1 Å². The van der Waals surface area contributed by atoms with E-state index in [2.05, 4.69) is 5.32 Å². The van der Waals surface area contributed by atoms with Crippen LogP contribution in [0.1, 0.15) is 34.6 Å². The monoisotopic (exact) mass is 347 g/mol. The van der Waals surface area contributed by atoms with Crippen LogP contribution in [0.15, 0.2) is 36.4 Å². The van der Waals surface area contributed by atoms with Crippen molar-refractivity contribution in [3.05, 3.63) is 58.2 Å². The molecule has 126 valence electrons. The lowest BCUT2D eigenvalue weighted by Gasteiger charge is -2.03. The number of nitrogens with one attached hydrogen (secondary N) is 1. The Hall–Kier alpha value is -2.47. The predicted molar refractivity (Wildman–Crippen MR) is 93.7 cm³/mol. The molecule has 1 aromatic carbocycles. The SMILES string of the molecule is CCOC(=O)c1cc(CC)sc1NC(=O)/C=C/c1cccc(F)c1. The van der Waals surface area contributed by atoms with Crippen LogP contribution in [-0.2, 0) is 16.0 Å². The third-order valence-electron chi connectivity index (χ3n) is 3.14. The summed E-state index contributed by atoms with van der Waals surface area (Å²) in [4.78, 5) is 25.0. The summed E-state index contributed by atoms with van der Waals surface area (Å²) in [6.07, 6.45) is 3.57. The fraction of sp³-hybridized carbons (Fsp3) is 0.222. The number of esters is 1. The van der Waals surface area contributed by atoms with Gasteiger partial charge in [-0.15, -0.1) is 11.3 Å². The van der Waals surface area contributed by atoms with Crippen LogP contribution in [0.25, 0.3) is 6.08 Å². The maximum atomic E-state index is 13.1. The largest absolute Gasteiger partial charge is 0.462 e. The average Bonchev–Trinajstić information content (AvgIpc) is 2.96. The van der Waals surface area contributed by atoms with Crippen molar-refractivity contribution in [1.29, 1.82) is 0 Å². The number of anilines is 1. The Morgan fingerprint density at radius 2 is 2.08 bits per heavy atom. The first-order valence-electron chi connectivity index (χ1n) is 7.58. The minimum absolute atomic E-state index is 0.267. The number of hydrogen-bond donors (Lipinski definition) is 1. The zero-order chi connectivity index (χ0) is 17.5. The molecule has 4 nitrogen and oxygen atoms in total. The number of carbonyl (C=O) groups is 2. The highest BCUT2D eigenvalue weighted by atomic mass is 32.1. The van der Waals surface area contributed by atoms with Gasteiger partial charge >= 0.3 is 5.97 Å². The normalized spacial score (nSPS) is 10.8. The van der Waals surface area contributed by atoms with Gasteiger partial charge in [0.15, 0.2) is 0 Å². The first-order chi connectivity index (χ1) is 11.5. The molecule has 0 fully saturated rings. The van der Waals surface area contributed by atoms with Gasteiger partial charge in [0.2, 0.25) is 5.91 Å². The Morgan fingerprint density at radius 3 is 2.75 bits per heavy atom. The van der Waals surface area contributed by atoms with Crippen molar-refractivity contribution in [2.75, 3.05) is 11.9 Å². The van der Waals surface area contributed by atoms with Crippen molar-refractivity contribution in [3.8, 4) is 0 Å². The van der Waals surface area contributed by atoms with Crippen LogP contribution < -0.4 is 5.32 Å². The number of benzene rings is 1. The van der Waals surface area contributed by atoms with E-state index in [0.29, 0.717) is 16.1 Å². The lowest BCUT2D eigenvalue weighted by Crippen LogP contribution is -2.11. The molecule has 1 amide bonds. The number of rotatable bonds is 6. The van der Waals surface area contributed by atoms with E-state index in [1.165, 1.54) is 35.6 Å². The molecule has 0 saturated carbocycles. The van der Waals surface area contributed by atoms with Gasteiger partial charge in [-0.3, -0.25) is 4.79 Å². The summed E-state index contributed by atoms with van der Waals surface area (Å²) in [7, 11) is 0. The Bertz CT molecular complexity index is 767. The van der Waals surface area contributed by atoms with Crippen LogP contribution in [-0.4, -0.2) is 18.5 Å². The third kappa shape index (κ3) is 4.76. The van der Waals surface area contributed by atoms with Crippen LogP contribution in [0, 0.1) is 5.82 Å². The van der Waals surface area contributed by atoms with Crippen LogP contribution in [0.5, 0.6) is 0 Å². The lowest BCUT2D eigenvalue weighted by atomic mass is 10.2. The van der Waals surface area contributed by atoms with Gasteiger partial charge in [0.1, 0.15) is 10.8 Å². The highest BCUT2D eigenvalue weighted by Gasteiger charge is 2.17. The highest BCUT2D eigenvalue weighted by Crippen LogP contribution is 2.29. The number of ether oxygens (including phenoxy) is 1. The van der Waals surface area contributed by atoms with E-state index in [1.807, 2.05) is 6.92 Å². The maximum Gasteiger partial charge on any atom is 0.341 e. The van der Waals surface area contributed by atoms with Gasteiger partial charge < -0.3 is 10.1 Å². The van der Waals surface area contributed by atoms with E-state index in [-0.39, 0.29) is 12.4 Å². The third-order valence-corrected chi connectivity index (χ3v) is 4.33. The van der Waals surface area contributed by atoms with Gasteiger partial charge in [0, 0.05) is 11.0 Å². The summed E-state index contributed by atoms with van der Waals surface area (Å²) in [5, 5.41) is 3.15. The van der Waals surface area contributed by atoms with E-state index in [4.69, 9.17) is 4.74 Å². The molecule has 2 rings (SSSR count). The number of carbonyl (C=O) groups excluding carboxylic acids is 2. The van der Waals surface area contributed by atoms with Crippen molar-refractivity contribution in [2.24, 2.45) is 0 Å². The van der Waals surface area contributed by atoms with Crippen LogP contribution in [0.3, 0.4) is 0 Å². The molecule has 1 heterocycles. The van der Waals surface area contributed by atoms with Crippen LogP contribution in [0.4, 0.5) is 9.39 Å². The molecule has 0 aliphatic carbocycles. The van der Waals surface area contributed by atoms with Crippen molar-refractivity contribution in [3.63, 3.8) is 0 Å². The van der Waals surface area contributed by atoms with Gasteiger partial charge in [-0.2, -0.15) is 0 Å². The minimum Gasteiger partial charge on any atom is -0.462 e. The molecule has 24 heavy (non-hydrogen) atoms. The Labute approximate surface area is 144 Å². The molecule has 0 radical (unpaired) electrons. The molecule has 0 unspecified atom stereocenters. The fourth-order valence-corrected chi connectivity index (χ4v) is 2.99. The molecular weight excluding hydrogens is 329 g/mol. The Kier molecular flexibility index (Phi) is 6.26. The van der Waals surface area contributed by atoms with Gasteiger partial charge in [0.25, 0.3) is 0 Å². The summed E-state index contributed by atoms with van der Waals surface area (Å²) in [6, 6.07) is 7.65. The fourth-order valence-electron chi connectivity index (χ4n) is 2.01. The van der Waals surface area contributed by atoms with Gasteiger partial charge in [-0.25, -0.2) is 9.18 Å². The van der Waals surface area contributed by atoms with Gasteiger partial charge in [0.05, 0.1) is 12.2 Å². The molecule has 0 saturated heterocycles.